The number of rotatable bonds is 3. The van der Waals surface area contributed by atoms with E-state index in [1.54, 1.807) is 7.11 Å². The molecule has 0 saturated carbocycles. The number of nitrogens with zero attached hydrogens (tertiary/aromatic N) is 1. The molecule has 2 aromatic rings. The zero-order chi connectivity index (χ0) is 18.8. The van der Waals surface area contributed by atoms with Gasteiger partial charge in [-0.2, -0.15) is 0 Å². The van der Waals surface area contributed by atoms with E-state index < -0.39 is 0 Å². The number of ether oxygens (including phenoxy) is 3. The summed E-state index contributed by atoms with van der Waals surface area (Å²) in [6, 6.07) is 11.7. The van der Waals surface area contributed by atoms with Crippen LogP contribution in [-0.2, 0) is 16.1 Å². The molecule has 0 N–H and O–H groups in total. The summed E-state index contributed by atoms with van der Waals surface area (Å²) in [5, 5.41) is 0.674. The van der Waals surface area contributed by atoms with Gasteiger partial charge in [0.1, 0.15) is 12.7 Å². The fourth-order valence-electron chi connectivity index (χ4n) is 3.63. The van der Waals surface area contributed by atoms with Crippen molar-refractivity contribution >= 4 is 17.5 Å². The second kappa shape index (κ2) is 7.79. The molecule has 2 aliphatic rings. The van der Waals surface area contributed by atoms with Crippen molar-refractivity contribution in [1.29, 1.82) is 0 Å². The van der Waals surface area contributed by atoms with Gasteiger partial charge in [0.05, 0.1) is 13.7 Å². The van der Waals surface area contributed by atoms with Crippen molar-refractivity contribution in [2.24, 2.45) is 0 Å². The molecule has 0 aromatic heterocycles. The van der Waals surface area contributed by atoms with Crippen LogP contribution in [0.3, 0.4) is 0 Å². The van der Waals surface area contributed by atoms with Gasteiger partial charge >= 0.3 is 0 Å². The van der Waals surface area contributed by atoms with Crippen LogP contribution in [0.5, 0.6) is 11.5 Å². The summed E-state index contributed by atoms with van der Waals surface area (Å²) in [4.78, 5) is 14.6. The number of fused-ring (bicyclic) bond motifs is 1. The number of methoxy groups -OCH3 is 1. The van der Waals surface area contributed by atoms with Gasteiger partial charge in [-0.15, -0.1) is 0 Å². The molecule has 6 heteroatoms. The highest BCUT2D eigenvalue weighted by Crippen LogP contribution is 2.39. The third kappa shape index (κ3) is 3.75. The van der Waals surface area contributed by atoms with Crippen molar-refractivity contribution in [2.75, 3.05) is 26.9 Å². The molecule has 0 spiro atoms. The van der Waals surface area contributed by atoms with Crippen molar-refractivity contribution < 1.29 is 19.0 Å². The van der Waals surface area contributed by atoms with Crippen LogP contribution in [0.1, 0.15) is 18.4 Å². The Balaban J connectivity index is 1.69. The van der Waals surface area contributed by atoms with E-state index in [-0.39, 0.29) is 12.0 Å². The van der Waals surface area contributed by atoms with Gasteiger partial charge in [0.15, 0.2) is 11.5 Å². The fraction of sp³-hybridized carbons (Fsp3) is 0.381. The number of benzene rings is 2. The third-order valence-electron chi connectivity index (χ3n) is 5.00. The molecule has 1 atom stereocenters. The van der Waals surface area contributed by atoms with Gasteiger partial charge in [0.25, 0.3) is 5.91 Å². The first-order chi connectivity index (χ1) is 13.2. The molecule has 0 unspecified atom stereocenters. The van der Waals surface area contributed by atoms with Crippen LogP contribution in [0.4, 0.5) is 0 Å². The van der Waals surface area contributed by atoms with Gasteiger partial charge in [-0.3, -0.25) is 4.79 Å². The van der Waals surface area contributed by atoms with Crippen LogP contribution in [0, 0.1) is 0 Å². The molecule has 1 fully saturated rings. The smallest absolute Gasteiger partial charge is 0.252 e. The Morgan fingerprint density at radius 1 is 1.22 bits per heavy atom. The molecule has 5 nitrogen and oxygen atoms in total. The largest absolute Gasteiger partial charge is 0.493 e. The summed E-state index contributed by atoms with van der Waals surface area (Å²) in [6.45, 7) is 2.09. The Morgan fingerprint density at radius 2 is 2.11 bits per heavy atom. The summed E-state index contributed by atoms with van der Waals surface area (Å²) in [5.74, 6) is 1.40. The van der Waals surface area contributed by atoms with Gasteiger partial charge in [0, 0.05) is 23.7 Å². The minimum Gasteiger partial charge on any atom is -0.493 e. The molecule has 1 amide bonds. The number of amides is 1. The molecule has 1 saturated heterocycles. The quantitative estimate of drug-likeness (QED) is 0.801. The van der Waals surface area contributed by atoms with Crippen molar-refractivity contribution in [3.63, 3.8) is 0 Å². The summed E-state index contributed by atoms with van der Waals surface area (Å²) >= 11 is 6.15. The SMILES string of the molecule is COc1cc(-c2cccc(Cl)c2)cc2c1OCCN(C(=O)[C@H]1CCCO1)C2. The van der Waals surface area contributed by atoms with Crippen molar-refractivity contribution in [1.82, 2.24) is 4.90 Å². The van der Waals surface area contributed by atoms with Gasteiger partial charge in [-0.05, 0) is 48.2 Å². The lowest BCUT2D eigenvalue weighted by atomic mass is 10.0. The highest BCUT2D eigenvalue weighted by atomic mass is 35.5. The van der Waals surface area contributed by atoms with Gasteiger partial charge in [-0.25, -0.2) is 0 Å². The van der Waals surface area contributed by atoms with Gasteiger partial charge in [0.2, 0.25) is 0 Å². The van der Waals surface area contributed by atoms with Gasteiger partial charge < -0.3 is 19.1 Å². The minimum absolute atomic E-state index is 0.0380. The molecular weight excluding hydrogens is 366 g/mol. The minimum atomic E-state index is -0.329. The van der Waals surface area contributed by atoms with Crippen molar-refractivity contribution in [3.8, 4) is 22.6 Å². The van der Waals surface area contributed by atoms with Crippen LogP contribution in [0.2, 0.25) is 5.02 Å². The zero-order valence-corrected chi connectivity index (χ0v) is 16.0. The van der Waals surface area contributed by atoms with Crippen LogP contribution in [0.15, 0.2) is 36.4 Å². The van der Waals surface area contributed by atoms with E-state index in [9.17, 15) is 4.79 Å². The Bertz CT molecular complexity index is 848. The predicted molar refractivity (Wildman–Crippen MR) is 103 cm³/mol. The summed E-state index contributed by atoms with van der Waals surface area (Å²) in [5.41, 5.74) is 2.89. The molecule has 0 aliphatic carbocycles. The molecular formula is C21H22ClNO4. The maximum atomic E-state index is 12.8. The molecule has 0 radical (unpaired) electrons. The van der Waals surface area contributed by atoms with Crippen LogP contribution in [-0.4, -0.2) is 43.8 Å². The Labute approximate surface area is 163 Å². The number of hydrogen-bond acceptors (Lipinski definition) is 4. The second-order valence-electron chi connectivity index (χ2n) is 6.79. The number of hydrogen-bond donors (Lipinski definition) is 0. The first kappa shape index (κ1) is 18.1. The van der Waals surface area contributed by atoms with Crippen LogP contribution < -0.4 is 9.47 Å². The highest BCUT2D eigenvalue weighted by Gasteiger charge is 2.30. The lowest BCUT2D eigenvalue weighted by Gasteiger charge is -2.23. The third-order valence-corrected chi connectivity index (χ3v) is 5.23. The molecule has 2 heterocycles. The Hall–Kier alpha value is -2.24. The standard InChI is InChI=1S/C21H22ClNO4/c1-25-19-12-15(14-4-2-5-17(22)11-14)10-16-13-23(7-9-27-20(16)19)21(24)18-6-3-8-26-18/h2,4-5,10-12,18H,3,6-9,13H2,1H3/t18-/m1/s1. The molecule has 2 aromatic carbocycles. The van der Waals surface area contributed by atoms with E-state index in [1.807, 2.05) is 41.3 Å². The molecule has 0 bridgehead atoms. The lowest BCUT2D eigenvalue weighted by Crippen LogP contribution is -2.39. The first-order valence-electron chi connectivity index (χ1n) is 9.16. The molecule has 142 valence electrons. The highest BCUT2D eigenvalue weighted by molar-refractivity contribution is 6.30. The molecule has 27 heavy (non-hydrogen) atoms. The van der Waals surface area contributed by atoms with E-state index in [0.29, 0.717) is 42.8 Å². The van der Waals surface area contributed by atoms with Crippen molar-refractivity contribution in [2.45, 2.75) is 25.5 Å². The van der Waals surface area contributed by atoms with Crippen LogP contribution >= 0.6 is 11.6 Å². The molecule has 4 rings (SSSR count). The average Bonchev–Trinajstić information content (AvgIpc) is 3.13. The van der Waals surface area contributed by atoms with Crippen LogP contribution in [0.25, 0.3) is 11.1 Å². The van der Waals surface area contributed by atoms with E-state index in [0.717, 1.165) is 29.5 Å². The Kier molecular flexibility index (Phi) is 5.23. The second-order valence-corrected chi connectivity index (χ2v) is 7.22. The maximum Gasteiger partial charge on any atom is 0.252 e. The fourth-order valence-corrected chi connectivity index (χ4v) is 3.82. The zero-order valence-electron chi connectivity index (χ0n) is 15.2. The number of halogens is 1. The van der Waals surface area contributed by atoms with E-state index in [1.165, 1.54) is 0 Å². The summed E-state index contributed by atoms with van der Waals surface area (Å²) in [7, 11) is 1.63. The van der Waals surface area contributed by atoms with E-state index in [4.69, 9.17) is 25.8 Å². The van der Waals surface area contributed by atoms with E-state index in [2.05, 4.69) is 0 Å². The number of carbonyl (C=O) groups is 1. The normalized spacial score (nSPS) is 19.2. The van der Waals surface area contributed by atoms with Crippen molar-refractivity contribution in [3.05, 3.63) is 47.0 Å². The van der Waals surface area contributed by atoms with E-state index >= 15 is 0 Å². The Morgan fingerprint density at radius 3 is 2.85 bits per heavy atom. The van der Waals surface area contributed by atoms with Gasteiger partial charge in [-0.1, -0.05) is 23.7 Å². The predicted octanol–water partition coefficient (Wildman–Crippen LogP) is 3.92. The average molecular weight is 388 g/mol. The summed E-state index contributed by atoms with van der Waals surface area (Å²) < 4.78 is 17.1. The first-order valence-corrected chi connectivity index (χ1v) is 9.53. The monoisotopic (exact) mass is 387 g/mol. The lowest BCUT2D eigenvalue weighted by molar-refractivity contribution is -0.141. The molecule has 2 aliphatic heterocycles. The maximum absolute atomic E-state index is 12.8. The topological polar surface area (TPSA) is 48.0 Å². The summed E-state index contributed by atoms with van der Waals surface area (Å²) in [6.07, 6.45) is 1.39. The number of carbonyl (C=O) groups excluding carboxylic acids is 1.